The molecule has 8 heteroatoms. The lowest BCUT2D eigenvalue weighted by atomic mass is 10.0. The second kappa shape index (κ2) is 8.00. The Labute approximate surface area is 170 Å². The Bertz CT molecular complexity index is 1030. The zero-order valence-electron chi connectivity index (χ0n) is 16.8. The van der Waals surface area contributed by atoms with Crippen LogP contribution in [0.2, 0.25) is 0 Å². The zero-order chi connectivity index (χ0) is 20.4. The summed E-state index contributed by atoms with van der Waals surface area (Å²) in [5.41, 5.74) is 9.78. The van der Waals surface area contributed by atoms with E-state index in [2.05, 4.69) is 27.2 Å². The summed E-state index contributed by atoms with van der Waals surface area (Å²) in [5, 5.41) is 16.5. The Hall–Kier alpha value is -3.26. The summed E-state index contributed by atoms with van der Waals surface area (Å²) >= 11 is 0. The van der Waals surface area contributed by atoms with Crippen LogP contribution in [0.15, 0.2) is 42.9 Å². The van der Waals surface area contributed by atoms with Crippen LogP contribution in [0.1, 0.15) is 25.1 Å². The number of pyridine rings is 2. The van der Waals surface area contributed by atoms with E-state index in [1.807, 2.05) is 42.1 Å². The number of nitrogens with one attached hydrogen (secondary N) is 2. The predicted molar refractivity (Wildman–Crippen MR) is 115 cm³/mol. The Kier molecular flexibility index (Phi) is 5.26. The van der Waals surface area contributed by atoms with Crippen molar-refractivity contribution in [3.63, 3.8) is 0 Å². The first-order valence-corrected chi connectivity index (χ1v) is 9.88. The van der Waals surface area contributed by atoms with Crippen molar-refractivity contribution < 1.29 is 0 Å². The van der Waals surface area contributed by atoms with Crippen molar-refractivity contribution in [3.05, 3.63) is 54.1 Å². The number of anilines is 2. The van der Waals surface area contributed by atoms with Gasteiger partial charge in [-0.25, -0.2) is 4.98 Å². The van der Waals surface area contributed by atoms with Crippen molar-refractivity contribution in [3.8, 4) is 11.3 Å². The molecule has 0 unspecified atom stereocenters. The third-order valence-corrected chi connectivity index (χ3v) is 5.14. The molecule has 0 bridgehead atoms. The molecule has 4 heterocycles. The molecule has 0 spiro atoms. The fourth-order valence-corrected chi connectivity index (χ4v) is 3.53. The highest BCUT2D eigenvalue weighted by atomic mass is 15.3. The first kappa shape index (κ1) is 19.1. The van der Waals surface area contributed by atoms with Gasteiger partial charge in [0.1, 0.15) is 5.82 Å². The number of hydrogen-bond acceptors (Lipinski definition) is 7. The van der Waals surface area contributed by atoms with Crippen LogP contribution >= 0.6 is 0 Å². The van der Waals surface area contributed by atoms with E-state index in [1.165, 1.54) is 0 Å². The Morgan fingerprint density at radius 3 is 2.97 bits per heavy atom. The van der Waals surface area contributed by atoms with Crippen LogP contribution in [0, 0.1) is 5.41 Å². The Morgan fingerprint density at radius 2 is 2.21 bits per heavy atom. The number of hydrogen-bond donors (Lipinski definition) is 3. The second-order valence-electron chi connectivity index (χ2n) is 7.30. The first-order chi connectivity index (χ1) is 14.0. The quantitative estimate of drug-likeness (QED) is 0.576. The molecule has 0 radical (unpaired) electrons. The molecular weight excluding hydrogens is 364 g/mol. The molecule has 150 valence electrons. The summed E-state index contributed by atoms with van der Waals surface area (Å²) in [6, 6.07) is 8.05. The molecule has 1 atom stereocenters. The fraction of sp³-hybridized carbons (Fsp3) is 0.333. The van der Waals surface area contributed by atoms with E-state index < -0.39 is 0 Å². The molecule has 29 heavy (non-hydrogen) atoms. The van der Waals surface area contributed by atoms with Crippen LogP contribution in [0.5, 0.6) is 0 Å². The zero-order valence-corrected chi connectivity index (χ0v) is 16.8. The average molecular weight is 390 g/mol. The number of nitrogen functional groups attached to an aromatic ring is 1. The highest BCUT2D eigenvalue weighted by molar-refractivity contribution is 6.13. The van der Waals surface area contributed by atoms with E-state index in [0.717, 1.165) is 43.3 Å². The van der Waals surface area contributed by atoms with Crippen molar-refractivity contribution in [2.24, 2.45) is 0 Å². The molecular formula is C21H26N8. The molecule has 0 saturated carbocycles. The molecule has 3 aromatic rings. The van der Waals surface area contributed by atoms with Crippen molar-refractivity contribution in [1.29, 1.82) is 5.41 Å². The molecule has 0 amide bonds. The summed E-state index contributed by atoms with van der Waals surface area (Å²) in [5.74, 6) is 0.887. The highest BCUT2D eigenvalue weighted by Crippen LogP contribution is 2.23. The van der Waals surface area contributed by atoms with Gasteiger partial charge in [-0.15, -0.1) is 0 Å². The van der Waals surface area contributed by atoms with Gasteiger partial charge in [-0.2, -0.15) is 5.10 Å². The van der Waals surface area contributed by atoms with E-state index in [1.54, 1.807) is 12.4 Å². The smallest absolute Gasteiger partial charge is 0.129 e. The SMILES string of the molecule is CCn1cc(-c2cc(C(=N)c3cccc(N4CCN[C@@H](C)C4)n3)c(N)cn2)cn1. The number of rotatable bonds is 5. The molecule has 8 nitrogen and oxygen atoms in total. The van der Waals surface area contributed by atoms with Gasteiger partial charge < -0.3 is 16.0 Å². The van der Waals surface area contributed by atoms with Gasteiger partial charge in [0.25, 0.3) is 0 Å². The number of piperazine rings is 1. The standard InChI is InChI=1S/C21H26N8/c1-3-29-13-15(10-26-29)19-9-16(17(22)11-25-19)21(23)18-5-4-6-20(27-18)28-8-7-24-14(2)12-28/h4-6,9-11,13-14,23-24H,3,7-8,12,22H2,1-2H3/t14-/m0/s1. The maximum Gasteiger partial charge on any atom is 0.129 e. The summed E-state index contributed by atoms with van der Waals surface area (Å²) < 4.78 is 1.85. The average Bonchev–Trinajstić information content (AvgIpc) is 3.23. The van der Waals surface area contributed by atoms with Crippen molar-refractivity contribution in [1.82, 2.24) is 25.1 Å². The Balaban J connectivity index is 1.64. The fourth-order valence-electron chi connectivity index (χ4n) is 3.53. The van der Waals surface area contributed by atoms with Gasteiger partial charge in [0.05, 0.1) is 35.2 Å². The largest absolute Gasteiger partial charge is 0.397 e. The van der Waals surface area contributed by atoms with Crippen LogP contribution in [0.25, 0.3) is 11.3 Å². The highest BCUT2D eigenvalue weighted by Gasteiger charge is 2.19. The second-order valence-corrected chi connectivity index (χ2v) is 7.30. The van der Waals surface area contributed by atoms with E-state index >= 15 is 0 Å². The Morgan fingerprint density at radius 1 is 1.34 bits per heavy atom. The summed E-state index contributed by atoms with van der Waals surface area (Å²) in [6.45, 7) is 7.71. The molecule has 0 aromatic carbocycles. The van der Waals surface area contributed by atoms with Crippen LogP contribution < -0.4 is 16.0 Å². The minimum Gasteiger partial charge on any atom is -0.397 e. The van der Waals surface area contributed by atoms with E-state index in [4.69, 9.17) is 16.1 Å². The monoisotopic (exact) mass is 390 g/mol. The van der Waals surface area contributed by atoms with Crippen LogP contribution in [-0.2, 0) is 6.54 Å². The van der Waals surface area contributed by atoms with Crippen molar-refractivity contribution in [2.75, 3.05) is 30.3 Å². The first-order valence-electron chi connectivity index (χ1n) is 9.88. The minimum atomic E-state index is 0.291. The van der Waals surface area contributed by atoms with Gasteiger partial charge in [0.2, 0.25) is 0 Å². The number of nitrogens with two attached hydrogens (primary N) is 1. The molecule has 1 aliphatic rings. The van der Waals surface area contributed by atoms with Gasteiger partial charge >= 0.3 is 0 Å². The molecule has 4 rings (SSSR count). The number of aromatic nitrogens is 4. The van der Waals surface area contributed by atoms with Gasteiger partial charge in [-0.05, 0) is 32.0 Å². The van der Waals surface area contributed by atoms with Gasteiger partial charge in [-0.1, -0.05) is 6.07 Å². The molecule has 1 aliphatic heterocycles. The molecule has 1 saturated heterocycles. The molecule has 3 aromatic heterocycles. The molecule has 4 N–H and O–H groups in total. The van der Waals surface area contributed by atoms with Gasteiger partial charge in [0.15, 0.2) is 0 Å². The maximum absolute atomic E-state index is 8.74. The van der Waals surface area contributed by atoms with Crippen LogP contribution in [-0.4, -0.2) is 51.1 Å². The molecule has 0 aliphatic carbocycles. The lowest BCUT2D eigenvalue weighted by Gasteiger charge is -2.32. The lowest BCUT2D eigenvalue weighted by Crippen LogP contribution is -2.49. The third-order valence-electron chi connectivity index (χ3n) is 5.14. The predicted octanol–water partition coefficient (Wildman–Crippen LogP) is 2.16. The summed E-state index contributed by atoms with van der Waals surface area (Å²) in [6.07, 6.45) is 5.32. The lowest BCUT2D eigenvalue weighted by molar-refractivity contribution is 0.482. The summed E-state index contributed by atoms with van der Waals surface area (Å²) in [4.78, 5) is 11.4. The van der Waals surface area contributed by atoms with Gasteiger partial charge in [0, 0.05) is 49.5 Å². The van der Waals surface area contributed by atoms with Crippen LogP contribution in [0.3, 0.4) is 0 Å². The summed E-state index contributed by atoms with van der Waals surface area (Å²) in [7, 11) is 0. The van der Waals surface area contributed by atoms with E-state index in [-0.39, 0.29) is 0 Å². The topological polar surface area (TPSA) is 109 Å². The van der Waals surface area contributed by atoms with Crippen LogP contribution in [0.4, 0.5) is 11.5 Å². The maximum atomic E-state index is 8.74. The van der Waals surface area contributed by atoms with E-state index in [9.17, 15) is 0 Å². The van der Waals surface area contributed by atoms with Crippen molar-refractivity contribution >= 4 is 17.2 Å². The van der Waals surface area contributed by atoms with Gasteiger partial charge in [-0.3, -0.25) is 15.1 Å². The van der Waals surface area contributed by atoms with Crippen molar-refractivity contribution in [2.45, 2.75) is 26.4 Å². The number of aryl methyl sites for hydroxylation is 1. The molecule has 1 fully saturated rings. The van der Waals surface area contributed by atoms with E-state index in [0.29, 0.717) is 28.7 Å². The number of nitrogens with zero attached hydrogens (tertiary/aromatic N) is 5. The minimum absolute atomic E-state index is 0.291. The normalized spacial score (nSPS) is 16.8. The third kappa shape index (κ3) is 3.97.